The van der Waals surface area contributed by atoms with Crippen LogP contribution in [-0.2, 0) is 6.42 Å². The predicted octanol–water partition coefficient (Wildman–Crippen LogP) is 2.07. The number of ether oxygens (including phenoxy) is 1. The second-order valence-electron chi connectivity index (χ2n) is 1.89. The summed E-state index contributed by atoms with van der Waals surface area (Å²) in [4.78, 5) is 8.06. The van der Waals surface area contributed by atoms with Gasteiger partial charge in [0.15, 0.2) is 5.75 Å². The van der Waals surface area contributed by atoms with Crippen molar-refractivity contribution in [1.29, 1.82) is 0 Å². The summed E-state index contributed by atoms with van der Waals surface area (Å²) in [5.74, 6) is 1.55. The van der Waals surface area contributed by atoms with Crippen LogP contribution in [0.3, 0.4) is 0 Å². The second-order valence-corrected chi connectivity index (χ2v) is 1.89. The largest absolute Gasteiger partial charge is 0.494 e. The van der Waals surface area contributed by atoms with Crippen LogP contribution in [-0.4, -0.2) is 17.1 Å². The maximum Gasteiger partial charge on any atom is 0.155 e. The van der Waals surface area contributed by atoms with Gasteiger partial charge in [-0.25, -0.2) is 9.97 Å². The van der Waals surface area contributed by atoms with Crippen LogP contribution in [0.2, 0.25) is 0 Å². The van der Waals surface area contributed by atoms with Crippen molar-refractivity contribution >= 4 is 0 Å². The smallest absolute Gasteiger partial charge is 0.155 e. The number of aryl methyl sites for hydroxylation is 1. The highest BCUT2D eigenvalue weighted by atomic mass is 16.5. The summed E-state index contributed by atoms with van der Waals surface area (Å²) < 4.78 is 4.89. The molecule has 3 nitrogen and oxygen atoms in total. The Morgan fingerprint density at radius 2 is 1.75 bits per heavy atom. The fraction of sp³-hybridized carbons (Fsp3) is 0.556. The lowest BCUT2D eigenvalue weighted by Gasteiger charge is -1.97. The van der Waals surface area contributed by atoms with Gasteiger partial charge >= 0.3 is 0 Å². The first-order chi connectivity index (χ1) is 5.86. The standard InChI is InChI=1S/C7H10N2O.C2H6/c1-3-7-8-4-6(10-2)5-9-7;1-2/h4-5H,3H2,1-2H3;1-2H3. The van der Waals surface area contributed by atoms with Crippen LogP contribution in [0.5, 0.6) is 5.75 Å². The minimum atomic E-state index is 0.706. The molecule has 3 heteroatoms. The quantitative estimate of drug-likeness (QED) is 0.678. The third-order valence-electron chi connectivity index (χ3n) is 1.23. The highest BCUT2D eigenvalue weighted by Gasteiger charge is 1.92. The molecule has 1 aromatic rings. The second kappa shape index (κ2) is 6.58. The van der Waals surface area contributed by atoms with Crippen LogP contribution < -0.4 is 4.74 Å². The average Bonchev–Trinajstić information content (AvgIpc) is 2.21. The Labute approximate surface area is 73.8 Å². The van der Waals surface area contributed by atoms with Gasteiger partial charge in [-0.05, 0) is 0 Å². The molecule has 0 atom stereocenters. The molecule has 0 unspecified atom stereocenters. The van der Waals surface area contributed by atoms with Gasteiger partial charge < -0.3 is 4.74 Å². The molecule has 0 N–H and O–H groups in total. The molecule has 0 spiro atoms. The van der Waals surface area contributed by atoms with E-state index in [1.807, 2.05) is 20.8 Å². The van der Waals surface area contributed by atoms with Crippen molar-refractivity contribution in [2.45, 2.75) is 27.2 Å². The molecule has 0 radical (unpaired) electrons. The molecule has 0 aliphatic rings. The molecule has 1 aromatic heterocycles. The van der Waals surface area contributed by atoms with Gasteiger partial charge in [-0.3, -0.25) is 0 Å². The minimum Gasteiger partial charge on any atom is -0.494 e. The van der Waals surface area contributed by atoms with E-state index in [-0.39, 0.29) is 0 Å². The van der Waals surface area contributed by atoms with Crippen molar-refractivity contribution < 1.29 is 4.74 Å². The molecule has 0 saturated heterocycles. The Morgan fingerprint density at radius 3 is 2.08 bits per heavy atom. The highest BCUT2D eigenvalue weighted by Crippen LogP contribution is 2.03. The predicted molar refractivity (Wildman–Crippen MR) is 49.3 cm³/mol. The SMILES string of the molecule is CC.CCc1ncc(OC)cn1. The van der Waals surface area contributed by atoms with Gasteiger partial charge in [0.1, 0.15) is 5.82 Å². The zero-order chi connectivity index (χ0) is 9.40. The Kier molecular flexibility index (Phi) is 5.97. The average molecular weight is 168 g/mol. The maximum absolute atomic E-state index is 4.89. The fourth-order valence-electron chi connectivity index (χ4n) is 0.631. The van der Waals surface area contributed by atoms with Crippen LogP contribution >= 0.6 is 0 Å². The van der Waals surface area contributed by atoms with E-state index in [4.69, 9.17) is 4.74 Å². The summed E-state index contributed by atoms with van der Waals surface area (Å²) in [7, 11) is 1.60. The summed E-state index contributed by atoms with van der Waals surface area (Å²) in [5.41, 5.74) is 0. The molecule has 0 amide bonds. The normalized spacial score (nSPS) is 8.33. The van der Waals surface area contributed by atoms with Crippen LogP contribution in [0.1, 0.15) is 26.6 Å². The minimum absolute atomic E-state index is 0.706. The van der Waals surface area contributed by atoms with Crippen LogP contribution in [0.25, 0.3) is 0 Å². The van der Waals surface area contributed by atoms with E-state index >= 15 is 0 Å². The van der Waals surface area contributed by atoms with Gasteiger partial charge in [0.2, 0.25) is 0 Å². The number of rotatable bonds is 2. The van der Waals surface area contributed by atoms with Crippen molar-refractivity contribution in [2.75, 3.05) is 7.11 Å². The maximum atomic E-state index is 4.89. The number of aromatic nitrogens is 2. The van der Waals surface area contributed by atoms with E-state index in [0.29, 0.717) is 5.75 Å². The Morgan fingerprint density at radius 1 is 1.25 bits per heavy atom. The van der Waals surface area contributed by atoms with E-state index < -0.39 is 0 Å². The number of hydrogen-bond donors (Lipinski definition) is 0. The molecule has 0 aromatic carbocycles. The third kappa shape index (κ3) is 3.32. The molecule has 0 aliphatic carbocycles. The van der Waals surface area contributed by atoms with Crippen LogP contribution in [0.4, 0.5) is 0 Å². The van der Waals surface area contributed by atoms with E-state index in [0.717, 1.165) is 12.2 Å². The van der Waals surface area contributed by atoms with E-state index in [2.05, 4.69) is 9.97 Å². The molecule has 0 saturated carbocycles. The van der Waals surface area contributed by atoms with Crippen molar-refractivity contribution in [3.63, 3.8) is 0 Å². The number of nitrogens with zero attached hydrogens (tertiary/aromatic N) is 2. The van der Waals surface area contributed by atoms with E-state index in [9.17, 15) is 0 Å². The van der Waals surface area contributed by atoms with Crippen LogP contribution in [0.15, 0.2) is 12.4 Å². The van der Waals surface area contributed by atoms with E-state index in [1.165, 1.54) is 0 Å². The monoisotopic (exact) mass is 168 g/mol. The van der Waals surface area contributed by atoms with Gasteiger partial charge in [0, 0.05) is 6.42 Å². The summed E-state index contributed by atoms with van der Waals surface area (Å²) in [6.45, 7) is 6.02. The summed E-state index contributed by atoms with van der Waals surface area (Å²) in [6, 6.07) is 0. The lowest BCUT2D eigenvalue weighted by atomic mass is 10.4. The first kappa shape index (κ1) is 10.9. The molecule has 0 bridgehead atoms. The molecule has 1 heterocycles. The van der Waals surface area contributed by atoms with Crippen molar-refractivity contribution in [2.24, 2.45) is 0 Å². The first-order valence-corrected chi connectivity index (χ1v) is 4.21. The van der Waals surface area contributed by atoms with Crippen molar-refractivity contribution in [3.05, 3.63) is 18.2 Å². The first-order valence-electron chi connectivity index (χ1n) is 4.21. The van der Waals surface area contributed by atoms with Crippen molar-refractivity contribution in [3.8, 4) is 5.75 Å². The Balaban J connectivity index is 0.000000561. The van der Waals surface area contributed by atoms with Gasteiger partial charge in [0.25, 0.3) is 0 Å². The van der Waals surface area contributed by atoms with Gasteiger partial charge in [-0.15, -0.1) is 0 Å². The molecule has 68 valence electrons. The summed E-state index contributed by atoms with van der Waals surface area (Å²) in [6.07, 6.45) is 4.21. The zero-order valence-electron chi connectivity index (χ0n) is 8.16. The molecule has 1 rings (SSSR count). The fourth-order valence-corrected chi connectivity index (χ4v) is 0.631. The van der Waals surface area contributed by atoms with Gasteiger partial charge in [0.05, 0.1) is 19.5 Å². The molecular formula is C9H16N2O. The summed E-state index contributed by atoms with van der Waals surface area (Å²) >= 11 is 0. The Bertz CT molecular complexity index is 173. The lowest BCUT2D eigenvalue weighted by molar-refractivity contribution is 0.410. The zero-order valence-corrected chi connectivity index (χ0v) is 8.16. The summed E-state index contributed by atoms with van der Waals surface area (Å²) in [5, 5.41) is 0. The topological polar surface area (TPSA) is 35.0 Å². The molecule has 0 aliphatic heterocycles. The van der Waals surface area contributed by atoms with E-state index in [1.54, 1.807) is 19.5 Å². The Hall–Kier alpha value is -1.12. The molecule has 12 heavy (non-hydrogen) atoms. The van der Waals surface area contributed by atoms with Crippen molar-refractivity contribution in [1.82, 2.24) is 9.97 Å². The number of methoxy groups -OCH3 is 1. The van der Waals surface area contributed by atoms with Crippen LogP contribution in [0, 0.1) is 0 Å². The van der Waals surface area contributed by atoms with Gasteiger partial charge in [-0.1, -0.05) is 20.8 Å². The third-order valence-corrected chi connectivity index (χ3v) is 1.23. The highest BCUT2D eigenvalue weighted by molar-refractivity contribution is 5.11. The number of hydrogen-bond acceptors (Lipinski definition) is 3. The van der Waals surface area contributed by atoms with Gasteiger partial charge in [-0.2, -0.15) is 0 Å². The molecule has 0 fully saturated rings. The lowest BCUT2D eigenvalue weighted by Crippen LogP contribution is -1.92. The molecular weight excluding hydrogens is 152 g/mol.